The summed E-state index contributed by atoms with van der Waals surface area (Å²) in [7, 11) is 0. The van der Waals surface area contributed by atoms with Crippen LogP contribution in [0.2, 0.25) is 0 Å². The zero-order chi connectivity index (χ0) is 27.6. The molecule has 0 bridgehead atoms. The van der Waals surface area contributed by atoms with Crippen molar-refractivity contribution >= 4 is 38.9 Å². The first-order valence-corrected chi connectivity index (χ1v) is 13.9. The van der Waals surface area contributed by atoms with Crippen molar-refractivity contribution in [3.05, 3.63) is 151 Å². The molecule has 0 fully saturated rings. The number of fused-ring (bicyclic) bond motifs is 5. The van der Waals surface area contributed by atoms with Gasteiger partial charge in [-0.05, 0) is 45.9 Å². The number of rotatable bonds is 3. The Bertz CT molecular complexity index is 2040. The number of hydrogen-bond acceptors (Lipinski definition) is 2. The van der Waals surface area contributed by atoms with Gasteiger partial charge in [-0.1, -0.05) is 79.3 Å². The Morgan fingerprint density at radius 1 is 0.667 bits per heavy atom. The van der Waals surface area contributed by atoms with Gasteiger partial charge in [0.1, 0.15) is 0 Å². The fraction of sp³-hybridized carbons (Fsp3) is 0.0789. The van der Waals surface area contributed by atoms with Crippen molar-refractivity contribution in [2.75, 3.05) is 4.90 Å². The van der Waals surface area contributed by atoms with E-state index in [1.165, 1.54) is 21.9 Å². The fourth-order valence-electron chi connectivity index (χ4n) is 6.35. The van der Waals surface area contributed by atoms with Crippen LogP contribution in [0.3, 0.4) is 0 Å². The smallest absolute Gasteiger partial charge is 0.0454 e. The van der Waals surface area contributed by atoms with E-state index in [9.17, 15) is 0 Å². The zero-order valence-electron chi connectivity index (χ0n) is 23.2. The first kappa shape index (κ1) is 26.4. The van der Waals surface area contributed by atoms with Crippen molar-refractivity contribution < 1.29 is 21.1 Å². The molecule has 0 aliphatic carbocycles. The molecule has 4 heteroatoms. The molecule has 5 aromatic carbocycles. The van der Waals surface area contributed by atoms with Crippen LogP contribution in [0.5, 0.6) is 0 Å². The Kier molecular flexibility index (Phi) is 6.37. The fourth-order valence-corrected chi connectivity index (χ4v) is 6.35. The van der Waals surface area contributed by atoms with Crippen LogP contribution in [0.4, 0.5) is 17.1 Å². The molecule has 1 aliphatic heterocycles. The van der Waals surface area contributed by atoms with Gasteiger partial charge in [-0.25, -0.2) is 0 Å². The largest absolute Gasteiger partial charge is 0.358 e. The Balaban J connectivity index is 0.00000288. The molecule has 0 radical (unpaired) electrons. The second-order valence-electron chi connectivity index (χ2n) is 11.0. The summed E-state index contributed by atoms with van der Waals surface area (Å²) in [5.74, 6) is 0. The second-order valence-corrected chi connectivity index (χ2v) is 11.0. The van der Waals surface area contributed by atoms with Gasteiger partial charge in [0.05, 0.1) is 0 Å². The van der Waals surface area contributed by atoms with Crippen molar-refractivity contribution in [2.45, 2.75) is 19.3 Å². The third-order valence-electron chi connectivity index (χ3n) is 8.32. The maximum Gasteiger partial charge on any atom is 0.0454 e. The van der Waals surface area contributed by atoms with Crippen molar-refractivity contribution in [3.63, 3.8) is 0 Å². The summed E-state index contributed by atoms with van der Waals surface area (Å²) < 4.78 is 2.28. The Labute approximate surface area is 260 Å². The van der Waals surface area contributed by atoms with Gasteiger partial charge in [0.15, 0.2) is 0 Å². The van der Waals surface area contributed by atoms with Gasteiger partial charge in [0.2, 0.25) is 0 Å². The van der Waals surface area contributed by atoms with Crippen LogP contribution in [-0.4, -0.2) is 9.55 Å². The summed E-state index contributed by atoms with van der Waals surface area (Å²) >= 11 is 0. The van der Waals surface area contributed by atoms with E-state index < -0.39 is 0 Å². The van der Waals surface area contributed by atoms with Gasteiger partial charge in [0, 0.05) is 38.5 Å². The summed E-state index contributed by atoms with van der Waals surface area (Å²) in [6.45, 7) is 4.61. The van der Waals surface area contributed by atoms with E-state index in [0.717, 1.165) is 45.0 Å². The normalized spacial score (nSPS) is 13.4. The molecule has 0 saturated heterocycles. The minimum atomic E-state index is -0.205. The summed E-state index contributed by atoms with van der Waals surface area (Å²) in [4.78, 5) is 6.90. The van der Waals surface area contributed by atoms with Crippen molar-refractivity contribution in [1.29, 1.82) is 0 Å². The van der Waals surface area contributed by atoms with Gasteiger partial charge in [-0.2, -0.15) is 30.3 Å². The van der Waals surface area contributed by atoms with E-state index in [2.05, 4.69) is 137 Å². The number of anilines is 3. The molecule has 0 saturated carbocycles. The molecule has 3 heterocycles. The van der Waals surface area contributed by atoms with Crippen LogP contribution in [0, 0.1) is 18.2 Å². The Hall–Kier alpha value is -4.46. The quantitative estimate of drug-likeness (QED) is 0.170. The van der Waals surface area contributed by atoms with Crippen LogP contribution in [0.25, 0.3) is 38.8 Å². The summed E-state index contributed by atoms with van der Waals surface area (Å²) in [5.41, 5.74) is 10.5. The Morgan fingerprint density at radius 3 is 2.36 bits per heavy atom. The number of pyridine rings is 1. The Morgan fingerprint density at radius 2 is 1.48 bits per heavy atom. The summed E-state index contributed by atoms with van der Waals surface area (Å²) in [5, 5.41) is 2.40. The van der Waals surface area contributed by atoms with Crippen LogP contribution in [0.1, 0.15) is 25.0 Å². The molecule has 0 unspecified atom stereocenters. The molecule has 0 spiro atoms. The third-order valence-corrected chi connectivity index (χ3v) is 8.32. The minimum absolute atomic E-state index is 0. The molecule has 1 aliphatic rings. The average molecular weight is 720 g/mol. The summed E-state index contributed by atoms with van der Waals surface area (Å²) in [6.07, 6.45) is 1.83. The topological polar surface area (TPSA) is 21.1 Å². The van der Waals surface area contributed by atoms with Crippen molar-refractivity contribution in [3.8, 4) is 16.9 Å². The first-order valence-electron chi connectivity index (χ1n) is 13.9. The maximum atomic E-state index is 4.59. The van der Waals surface area contributed by atoms with E-state index >= 15 is 0 Å². The van der Waals surface area contributed by atoms with E-state index in [1.807, 2.05) is 30.5 Å². The van der Waals surface area contributed by atoms with Crippen LogP contribution in [-0.2, 0) is 26.5 Å². The zero-order valence-corrected chi connectivity index (χ0v) is 25.5. The number of benzene rings is 5. The van der Waals surface area contributed by atoms with E-state index in [4.69, 9.17) is 0 Å². The number of hydrogen-bond donors (Lipinski definition) is 0. The average Bonchev–Trinajstić information content (AvgIpc) is 3.36. The molecular formula is C38H26N3Pt-3. The second kappa shape index (κ2) is 10.1. The maximum absolute atomic E-state index is 4.59. The van der Waals surface area contributed by atoms with Crippen LogP contribution >= 0.6 is 0 Å². The molecule has 0 amide bonds. The standard InChI is InChI=1S/C38H26N3.Pt/c1-38(2)31-16-5-8-20-36(31)41(27-13-11-12-26(24-27)33-17-9-10-23-39-33)37-25-28(21-22-32(37)38)40-34-18-6-3-14-29(34)30-15-4-7-19-35(30)40;/h3-18,20-23H,1-2H3;/q-3;. The number of nitrogens with zero attached hydrogens (tertiary/aromatic N) is 3. The number of aromatic nitrogens is 2. The van der Waals surface area contributed by atoms with E-state index in [0.29, 0.717) is 0 Å². The third kappa shape index (κ3) is 3.95. The van der Waals surface area contributed by atoms with Crippen LogP contribution in [0.15, 0.2) is 121 Å². The summed E-state index contributed by atoms with van der Waals surface area (Å²) in [6, 6.07) is 51.3. The van der Waals surface area contributed by atoms with Gasteiger partial charge in [0.25, 0.3) is 0 Å². The predicted octanol–water partition coefficient (Wildman–Crippen LogP) is 9.35. The van der Waals surface area contributed by atoms with E-state index in [1.54, 1.807) is 0 Å². The van der Waals surface area contributed by atoms with Gasteiger partial charge in [-0.3, -0.25) is 0 Å². The van der Waals surface area contributed by atoms with Gasteiger partial charge >= 0.3 is 0 Å². The van der Waals surface area contributed by atoms with Crippen molar-refractivity contribution in [2.24, 2.45) is 0 Å². The van der Waals surface area contributed by atoms with Crippen LogP contribution < -0.4 is 4.90 Å². The molecule has 42 heavy (non-hydrogen) atoms. The SMILES string of the molecule is CC1(C)c2ccc(-n3c4[c-]cccc4c4ccccc43)[c-]c2N(c2[c-]c(-c3ccccn3)ccc2)c2ccccc21.[Pt]. The molecular weight excluding hydrogens is 694 g/mol. The van der Waals surface area contributed by atoms with Crippen molar-refractivity contribution in [1.82, 2.24) is 9.55 Å². The molecule has 8 rings (SSSR count). The van der Waals surface area contributed by atoms with Gasteiger partial charge in [-0.15, -0.1) is 52.9 Å². The molecule has 7 aromatic rings. The van der Waals surface area contributed by atoms with Gasteiger partial charge < -0.3 is 14.5 Å². The molecule has 3 nitrogen and oxygen atoms in total. The minimum Gasteiger partial charge on any atom is -0.358 e. The monoisotopic (exact) mass is 719 g/mol. The predicted molar refractivity (Wildman–Crippen MR) is 167 cm³/mol. The van der Waals surface area contributed by atoms with E-state index in [-0.39, 0.29) is 26.5 Å². The number of para-hydroxylation sites is 3. The first-order chi connectivity index (χ1) is 20.1. The molecule has 206 valence electrons. The molecule has 0 N–H and O–H groups in total. The molecule has 2 aromatic heterocycles. The molecule has 0 atom stereocenters.